The van der Waals surface area contributed by atoms with E-state index in [9.17, 15) is 9.59 Å². The molecule has 1 N–H and O–H groups in total. The summed E-state index contributed by atoms with van der Waals surface area (Å²) in [5, 5.41) is 4.21. The summed E-state index contributed by atoms with van der Waals surface area (Å²) >= 11 is 17.6. The summed E-state index contributed by atoms with van der Waals surface area (Å²) < 4.78 is 0.923. The summed E-state index contributed by atoms with van der Waals surface area (Å²) in [4.78, 5) is 28.9. The largest absolute Gasteiger partial charge is 0.354 e. The van der Waals surface area contributed by atoms with Gasteiger partial charge in [-0.15, -0.1) is 11.8 Å². The molecule has 3 aromatic rings. The van der Waals surface area contributed by atoms with Crippen molar-refractivity contribution in [2.45, 2.75) is 44.5 Å². The summed E-state index contributed by atoms with van der Waals surface area (Å²) in [6.07, 6.45) is 2.29. The fourth-order valence-electron chi connectivity index (χ4n) is 3.89. The third-order valence-corrected chi connectivity index (χ3v) is 8.02. The molecule has 196 valence electrons. The molecule has 0 saturated carbocycles. The summed E-state index contributed by atoms with van der Waals surface area (Å²) in [7, 11) is 0. The van der Waals surface area contributed by atoms with Crippen LogP contribution in [0.2, 0.25) is 10.0 Å². The first-order valence-electron chi connectivity index (χ1n) is 12.2. The van der Waals surface area contributed by atoms with Gasteiger partial charge in [0.25, 0.3) is 0 Å². The number of benzene rings is 3. The molecule has 0 unspecified atom stereocenters. The van der Waals surface area contributed by atoms with Gasteiger partial charge in [-0.25, -0.2) is 0 Å². The van der Waals surface area contributed by atoms with Crippen LogP contribution in [-0.4, -0.2) is 35.1 Å². The lowest BCUT2D eigenvalue weighted by molar-refractivity contribution is -0.139. The number of carbonyl (C=O) groups is 2. The van der Waals surface area contributed by atoms with Gasteiger partial charge in [0.1, 0.15) is 6.04 Å². The molecule has 4 nitrogen and oxygen atoms in total. The van der Waals surface area contributed by atoms with Crippen LogP contribution in [-0.2, 0) is 28.3 Å². The number of nitrogens with zero attached hydrogens (tertiary/aromatic N) is 1. The monoisotopic (exact) mass is 620 g/mol. The number of hydrogen-bond acceptors (Lipinski definition) is 3. The van der Waals surface area contributed by atoms with Crippen molar-refractivity contribution in [2.75, 3.05) is 12.3 Å². The Bertz CT molecular complexity index is 1160. The Morgan fingerprint density at radius 2 is 1.65 bits per heavy atom. The van der Waals surface area contributed by atoms with E-state index in [2.05, 4.69) is 28.2 Å². The molecule has 0 aliphatic carbocycles. The summed E-state index contributed by atoms with van der Waals surface area (Å²) in [6.45, 7) is 2.99. The van der Waals surface area contributed by atoms with E-state index >= 15 is 0 Å². The van der Waals surface area contributed by atoms with Crippen LogP contribution < -0.4 is 5.32 Å². The van der Waals surface area contributed by atoms with E-state index in [1.165, 1.54) is 11.8 Å². The zero-order valence-corrected chi connectivity index (χ0v) is 24.7. The second-order valence-corrected chi connectivity index (χ2v) is 11.4. The second-order valence-electron chi connectivity index (χ2n) is 8.69. The lowest BCUT2D eigenvalue weighted by Gasteiger charge is -2.31. The highest BCUT2D eigenvalue weighted by molar-refractivity contribution is 9.10. The number of halogens is 3. The van der Waals surface area contributed by atoms with E-state index in [0.717, 1.165) is 34.0 Å². The summed E-state index contributed by atoms with van der Waals surface area (Å²) in [5.74, 6) is 0.448. The van der Waals surface area contributed by atoms with Gasteiger partial charge in [-0.2, -0.15) is 0 Å². The maximum absolute atomic E-state index is 13.7. The molecule has 0 heterocycles. The predicted molar refractivity (Wildman–Crippen MR) is 159 cm³/mol. The number of nitrogens with one attached hydrogen (secondary N) is 1. The third-order valence-electron chi connectivity index (χ3n) is 5.88. The average Bonchev–Trinajstić information content (AvgIpc) is 2.88. The van der Waals surface area contributed by atoms with Gasteiger partial charge in [-0.05, 0) is 47.4 Å². The van der Waals surface area contributed by atoms with Crippen molar-refractivity contribution in [3.05, 3.63) is 104 Å². The fourth-order valence-corrected chi connectivity index (χ4v) is 5.98. The molecule has 0 saturated heterocycles. The Labute approximate surface area is 242 Å². The van der Waals surface area contributed by atoms with Crippen molar-refractivity contribution in [2.24, 2.45) is 0 Å². The zero-order chi connectivity index (χ0) is 26.6. The number of unbranched alkanes of at least 4 members (excludes halogenated alkanes) is 1. The Balaban J connectivity index is 1.85. The molecular weight excluding hydrogens is 591 g/mol. The lowest BCUT2D eigenvalue weighted by Crippen LogP contribution is -2.51. The average molecular weight is 622 g/mol. The number of hydrogen-bond donors (Lipinski definition) is 1. The maximum atomic E-state index is 13.7. The van der Waals surface area contributed by atoms with Gasteiger partial charge in [0.15, 0.2) is 0 Å². The molecule has 0 aromatic heterocycles. The Hall–Kier alpha value is -1.99. The molecule has 0 bridgehead atoms. The molecule has 0 fully saturated rings. The van der Waals surface area contributed by atoms with Gasteiger partial charge in [0, 0.05) is 39.8 Å². The van der Waals surface area contributed by atoms with E-state index in [0.29, 0.717) is 35.3 Å². The first kappa shape index (κ1) is 29.6. The summed E-state index contributed by atoms with van der Waals surface area (Å²) in [6, 6.07) is 22.4. The highest BCUT2D eigenvalue weighted by Crippen LogP contribution is 2.28. The van der Waals surface area contributed by atoms with E-state index in [1.54, 1.807) is 23.1 Å². The van der Waals surface area contributed by atoms with Crippen molar-refractivity contribution in [1.82, 2.24) is 10.2 Å². The number of thioether (sulfide) groups is 1. The smallest absolute Gasteiger partial charge is 0.243 e. The highest BCUT2D eigenvalue weighted by Gasteiger charge is 2.30. The molecule has 8 heteroatoms. The minimum Gasteiger partial charge on any atom is -0.354 e. The van der Waals surface area contributed by atoms with Crippen molar-refractivity contribution in [3.63, 3.8) is 0 Å². The predicted octanol–water partition coefficient (Wildman–Crippen LogP) is 7.55. The molecule has 1 atom stereocenters. The van der Waals surface area contributed by atoms with Gasteiger partial charge in [0.2, 0.25) is 11.8 Å². The van der Waals surface area contributed by atoms with E-state index in [1.807, 2.05) is 54.6 Å². The normalized spacial score (nSPS) is 11.7. The topological polar surface area (TPSA) is 49.4 Å². The molecule has 3 rings (SSSR count). The molecule has 0 aliphatic heterocycles. The van der Waals surface area contributed by atoms with E-state index < -0.39 is 6.04 Å². The molecule has 3 aromatic carbocycles. The lowest BCUT2D eigenvalue weighted by atomic mass is 10.0. The quantitative estimate of drug-likeness (QED) is 0.201. The summed E-state index contributed by atoms with van der Waals surface area (Å²) in [5.41, 5.74) is 2.75. The van der Waals surface area contributed by atoms with Crippen LogP contribution in [0.5, 0.6) is 0 Å². The minimum atomic E-state index is -0.643. The molecule has 0 spiro atoms. The molecule has 0 aliphatic rings. The van der Waals surface area contributed by atoms with Crippen LogP contribution in [0.4, 0.5) is 0 Å². The van der Waals surface area contributed by atoms with E-state index in [-0.39, 0.29) is 17.6 Å². The number of carbonyl (C=O) groups excluding carboxylic acids is 2. The fraction of sp³-hybridized carbons (Fsp3) is 0.310. The van der Waals surface area contributed by atoms with Gasteiger partial charge in [-0.1, -0.05) is 101 Å². The number of rotatable bonds is 13. The van der Waals surface area contributed by atoms with Crippen LogP contribution in [0.3, 0.4) is 0 Å². The van der Waals surface area contributed by atoms with E-state index in [4.69, 9.17) is 23.2 Å². The van der Waals surface area contributed by atoms with Gasteiger partial charge < -0.3 is 10.2 Å². The van der Waals surface area contributed by atoms with Gasteiger partial charge in [-0.3, -0.25) is 9.59 Å². The Morgan fingerprint density at radius 1 is 0.973 bits per heavy atom. The minimum absolute atomic E-state index is 0.111. The van der Waals surface area contributed by atoms with Gasteiger partial charge in [0.05, 0.1) is 5.75 Å². The van der Waals surface area contributed by atoms with Crippen LogP contribution in [0.15, 0.2) is 77.3 Å². The molecule has 2 amide bonds. The number of amides is 2. The molecular formula is C29H31BrCl2N2O2S. The van der Waals surface area contributed by atoms with Crippen molar-refractivity contribution < 1.29 is 9.59 Å². The maximum Gasteiger partial charge on any atom is 0.243 e. The van der Waals surface area contributed by atoms with Crippen LogP contribution in [0.1, 0.15) is 36.5 Å². The third kappa shape index (κ3) is 9.36. The first-order chi connectivity index (χ1) is 17.9. The van der Waals surface area contributed by atoms with Crippen LogP contribution in [0.25, 0.3) is 0 Å². The Morgan fingerprint density at radius 3 is 2.32 bits per heavy atom. The SMILES string of the molecule is CCCCNC(=O)[C@H](Cc1ccccc1)N(Cc1cccc(Br)c1)C(=O)CSCc1c(Cl)cccc1Cl. The standard InChI is InChI=1S/C29H31BrCl2N2O2S/c1-2-3-15-33-29(36)27(17-21-9-5-4-6-10-21)34(18-22-11-7-12-23(30)16-22)28(35)20-37-19-24-25(31)13-8-14-26(24)32/h4-14,16,27H,2-3,15,17-20H2,1H3,(H,33,36)/t27-/m0/s1. The molecule has 0 radical (unpaired) electrons. The van der Waals surface area contributed by atoms with Crippen molar-refractivity contribution in [3.8, 4) is 0 Å². The van der Waals surface area contributed by atoms with Crippen LogP contribution in [0, 0.1) is 0 Å². The van der Waals surface area contributed by atoms with Crippen molar-refractivity contribution in [1.29, 1.82) is 0 Å². The Kier molecular flexibility index (Phi) is 12.3. The zero-order valence-electron chi connectivity index (χ0n) is 20.8. The molecule has 37 heavy (non-hydrogen) atoms. The first-order valence-corrected chi connectivity index (χ1v) is 15.0. The van der Waals surface area contributed by atoms with Crippen molar-refractivity contribution >= 4 is 62.7 Å². The second kappa shape index (κ2) is 15.4. The van der Waals surface area contributed by atoms with Gasteiger partial charge >= 0.3 is 0 Å². The highest BCUT2D eigenvalue weighted by atomic mass is 79.9. The van der Waals surface area contributed by atoms with Crippen LogP contribution >= 0.6 is 50.9 Å².